The zero-order valence-corrected chi connectivity index (χ0v) is 26.2. The highest BCUT2D eigenvalue weighted by Gasteiger charge is 2.35. The number of carbonyl (C=O) groups excluding carboxylic acids is 2. The van der Waals surface area contributed by atoms with E-state index in [0.29, 0.717) is 11.3 Å². The van der Waals surface area contributed by atoms with E-state index >= 15 is 0 Å². The second kappa shape index (κ2) is 15.1. The smallest absolute Gasteiger partial charge is 0.264 e. The minimum atomic E-state index is -4.25. The Hall–Kier alpha value is -3.57. The zero-order valence-electron chi connectivity index (χ0n) is 24.5. The van der Waals surface area contributed by atoms with Gasteiger partial charge in [-0.2, -0.15) is 0 Å². The largest absolute Gasteiger partial charge is 0.492 e. The maximum Gasteiger partial charge on any atom is 0.264 e. The minimum absolute atomic E-state index is 0.00841. The highest BCUT2D eigenvalue weighted by Crippen LogP contribution is 2.33. The lowest BCUT2D eigenvalue weighted by molar-refractivity contribution is -0.140. The molecule has 2 amide bonds. The number of nitrogens with one attached hydrogen (secondary N) is 1. The van der Waals surface area contributed by atoms with Crippen LogP contribution in [0.15, 0.2) is 82.6 Å². The Morgan fingerprint density at radius 2 is 1.62 bits per heavy atom. The molecule has 1 N–H and O–H groups in total. The van der Waals surface area contributed by atoms with Crippen molar-refractivity contribution in [2.24, 2.45) is 0 Å². The molecule has 0 saturated heterocycles. The van der Waals surface area contributed by atoms with Gasteiger partial charge in [-0.3, -0.25) is 13.9 Å². The molecule has 0 fully saturated rings. The quantitative estimate of drug-likeness (QED) is 0.242. The summed E-state index contributed by atoms with van der Waals surface area (Å²) in [6, 6.07) is 17.6. The Bertz CT molecular complexity index is 1450. The monoisotopic (exact) mass is 615 g/mol. The summed E-state index contributed by atoms with van der Waals surface area (Å²) in [7, 11) is -4.25. The number of thioether (sulfide) groups is 1. The van der Waals surface area contributed by atoms with Crippen LogP contribution < -0.4 is 14.4 Å². The van der Waals surface area contributed by atoms with Gasteiger partial charge in [0.2, 0.25) is 11.8 Å². The summed E-state index contributed by atoms with van der Waals surface area (Å²) in [5, 5.41) is 2.86. The highest BCUT2D eigenvalue weighted by molar-refractivity contribution is 7.98. The summed E-state index contributed by atoms with van der Waals surface area (Å²) in [5.41, 5.74) is 0.792. The molecular weight excluding hydrogens is 577 g/mol. The van der Waals surface area contributed by atoms with Crippen LogP contribution in [-0.2, 0) is 26.2 Å². The van der Waals surface area contributed by atoms with Crippen molar-refractivity contribution >= 4 is 39.3 Å². The lowest BCUT2D eigenvalue weighted by atomic mass is 10.1. The molecule has 226 valence electrons. The molecule has 0 heterocycles. The second-order valence-electron chi connectivity index (χ2n) is 9.82. The van der Waals surface area contributed by atoms with E-state index in [1.165, 1.54) is 53.1 Å². The molecule has 3 aromatic rings. The van der Waals surface area contributed by atoms with E-state index < -0.39 is 34.3 Å². The summed E-state index contributed by atoms with van der Waals surface area (Å²) < 4.78 is 48.7. The van der Waals surface area contributed by atoms with E-state index in [9.17, 15) is 22.4 Å². The standard InChI is InChI=1S/C31H38FN3O5S2/c1-6-27(31(37)33-22(3)4)34(20-23-12-14-24(32)15-13-23)30(36)21-35(28-10-8-9-11-29(28)40-7-2)42(38,39)26-18-16-25(41-5)17-19-26/h8-19,22,27H,6-7,20-21H2,1-5H3,(H,33,37). The van der Waals surface area contributed by atoms with Gasteiger partial charge in [0.15, 0.2) is 0 Å². The Balaban J connectivity index is 2.11. The molecule has 0 spiro atoms. The molecule has 3 rings (SSSR count). The van der Waals surface area contributed by atoms with Crippen LogP contribution >= 0.6 is 11.8 Å². The number of sulfonamides is 1. The molecule has 0 aromatic heterocycles. The molecule has 11 heteroatoms. The molecule has 1 atom stereocenters. The van der Waals surface area contributed by atoms with Crippen LogP contribution in [0, 0.1) is 5.82 Å². The van der Waals surface area contributed by atoms with Gasteiger partial charge in [-0.15, -0.1) is 11.8 Å². The average molecular weight is 616 g/mol. The number of halogens is 1. The fourth-order valence-corrected chi connectivity index (χ4v) is 6.25. The van der Waals surface area contributed by atoms with Crippen LogP contribution in [0.1, 0.15) is 39.7 Å². The highest BCUT2D eigenvalue weighted by atomic mass is 32.2. The summed E-state index contributed by atoms with van der Waals surface area (Å²) >= 11 is 1.48. The normalized spacial score (nSPS) is 12.1. The van der Waals surface area contributed by atoms with Crippen molar-refractivity contribution in [1.82, 2.24) is 10.2 Å². The fourth-order valence-electron chi connectivity index (χ4n) is 4.42. The molecule has 0 aliphatic carbocycles. The van der Waals surface area contributed by atoms with Gasteiger partial charge in [-0.05, 0) is 87.5 Å². The first-order valence-corrected chi connectivity index (χ1v) is 16.4. The van der Waals surface area contributed by atoms with Crippen LogP contribution in [0.3, 0.4) is 0 Å². The number of hydrogen-bond donors (Lipinski definition) is 1. The third-order valence-electron chi connectivity index (χ3n) is 6.44. The van der Waals surface area contributed by atoms with Gasteiger partial charge < -0.3 is 15.0 Å². The predicted octanol–water partition coefficient (Wildman–Crippen LogP) is 5.47. The van der Waals surface area contributed by atoms with E-state index in [-0.39, 0.29) is 42.1 Å². The van der Waals surface area contributed by atoms with Crippen LogP contribution in [0.4, 0.5) is 10.1 Å². The van der Waals surface area contributed by atoms with Crippen molar-refractivity contribution in [3.05, 3.63) is 84.2 Å². The third-order valence-corrected chi connectivity index (χ3v) is 8.96. The van der Waals surface area contributed by atoms with Crippen LogP contribution in [0.25, 0.3) is 0 Å². The lowest BCUT2D eigenvalue weighted by Crippen LogP contribution is -2.53. The number of amides is 2. The Morgan fingerprint density at radius 3 is 2.19 bits per heavy atom. The lowest BCUT2D eigenvalue weighted by Gasteiger charge is -2.34. The molecule has 42 heavy (non-hydrogen) atoms. The van der Waals surface area contributed by atoms with E-state index in [1.807, 2.05) is 20.1 Å². The Morgan fingerprint density at radius 1 is 0.976 bits per heavy atom. The second-order valence-corrected chi connectivity index (χ2v) is 12.6. The Kier molecular flexibility index (Phi) is 11.8. The van der Waals surface area contributed by atoms with Crippen LogP contribution in [0.2, 0.25) is 0 Å². The van der Waals surface area contributed by atoms with Gasteiger partial charge in [-0.1, -0.05) is 31.2 Å². The number of carbonyl (C=O) groups is 2. The molecule has 0 aliphatic heterocycles. The van der Waals surface area contributed by atoms with Gasteiger partial charge in [0.25, 0.3) is 10.0 Å². The van der Waals surface area contributed by atoms with E-state index in [0.717, 1.165) is 9.20 Å². The topological polar surface area (TPSA) is 96.0 Å². The molecule has 0 saturated carbocycles. The molecule has 1 unspecified atom stereocenters. The van der Waals surface area contributed by atoms with Crippen molar-refractivity contribution < 1.29 is 27.1 Å². The number of rotatable bonds is 14. The van der Waals surface area contributed by atoms with Crippen molar-refractivity contribution in [3.8, 4) is 5.75 Å². The van der Waals surface area contributed by atoms with Gasteiger partial charge in [0.05, 0.1) is 17.2 Å². The van der Waals surface area contributed by atoms with Gasteiger partial charge in [0.1, 0.15) is 24.2 Å². The van der Waals surface area contributed by atoms with E-state index in [2.05, 4.69) is 5.32 Å². The average Bonchev–Trinajstić information content (AvgIpc) is 2.97. The first-order valence-electron chi connectivity index (χ1n) is 13.7. The molecule has 8 nitrogen and oxygen atoms in total. The summed E-state index contributed by atoms with van der Waals surface area (Å²) in [6.07, 6.45) is 2.17. The van der Waals surface area contributed by atoms with E-state index in [1.54, 1.807) is 50.2 Å². The SMILES string of the molecule is CCOc1ccccc1N(CC(=O)N(Cc1ccc(F)cc1)C(CC)C(=O)NC(C)C)S(=O)(=O)c1ccc(SC)cc1. The molecular formula is C31H38FN3O5S2. The third kappa shape index (κ3) is 8.25. The van der Waals surface area contributed by atoms with Crippen molar-refractivity contribution in [3.63, 3.8) is 0 Å². The van der Waals surface area contributed by atoms with Crippen LogP contribution in [-0.4, -0.2) is 56.6 Å². The summed E-state index contributed by atoms with van der Waals surface area (Å²) in [6.45, 7) is 6.87. The van der Waals surface area contributed by atoms with Gasteiger partial charge in [-0.25, -0.2) is 12.8 Å². The molecule has 0 radical (unpaired) electrons. The molecule has 0 bridgehead atoms. The Labute approximate surface area is 252 Å². The zero-order chi connectivity index (χ0) is 30.9. The summed E-state index contributed by atoms with van der Waals surface area (Å²) in [4.78, 5) is 29.6. The first kappa shape index (κ1) is 32.9. The number of hydrogen-bond acceptors (Lipinski definition) is 6. The number of benzene rings is 3. The van der Waals surface area contributed by atoms with Crippen molar-refractivity contribution in [2.75, 3.05) is 23.7 Å². The van der Waals surface area contributed by atoms with Gasteiger partial charge in [0, 0.05) is 17.5 Å². The minimum Gasteiger partial charge on any atom is -0.492 e. The van der Waals surface area contributed by atoms with Crippen LogP contribution in [0.5, 0.6) is 5.75 Å². The maximum atomic E-state index is 14.2. The summed E-state index contributed by atoms with van der Waals surface area (Å²) in [5.74, 6) is -1.09. The first-order chi connectivity index (χ1) is 20.0. The van der Waals surface area contributed by atoms with Crippen molar-refractivity contribution in [2.45, 2.75) is 62.5 Å². The number of para-hydroxylation sites is 2. The number of nitrogens with zero attached hydrogens (tertiary/aromatic N) is 2. The van der Waals surface area contributed by atoms with Gasteiger partial charge >= 0.3 is 0 Å². The molecule has 3 aromatic carbocycles. The maximum absolute atomic E-state index is 14.2. The molecule has 0 aliphatic rings. The fraction of sp³-hybridized carbons (Fsp3) is 0.355. The van der Waals surface area contributed by atoms with Crippen molar-refractivity contribution in [1.29, 1.82) is 0 Å². The van der Waals surface area contributed by atoms with E-state index in [4.69, 9.17) is 4.74 Å². The number of anilines is 1. The number of ether oxygens (including phenoxy) is 1. The predicted molar refractivity (Wildman–Crippen MR) is 165 cm³/mol.